The Bertz CT molecular complexity index is 986. The number of rotatable bonds is 3. The zero-order valence-corrected chi connectivity index (χ0v) is 13.9. The number of aromatic nitrogens is 1. The molecule has 3 aromatic carbocycles. The first-order chi connectivity index (χ1) is 11.4. The topological polar surface area (TPSA) is 17.3 Å². The van der Waals surface area contributed by atoms with Crippen molar-refractivity contribution >= 4 is 33.5 Å². The monoisotopic (exact) mass is 334 g/mol. The molecule has 1 heterocycles. The molecule has 0 aliphatic rings. The Hall–Kier alpha value is -2.30. The van der Waals surface area contributed by atoms with E-state index in [0.29, 0.717) is 0 Å². The van der Waals surface area contributed by atoms with Gasteiger partial charge in [-0.3, -0.25) is 4.57 Å². The Balaban J connectivity index is 1.89. The van der Waals surface area contributed by atoms with Crippen LogP contribution in [0.5, 0.6) is 0 Å². The molecule has 0 radical (unpaired) electrons. The Kier molecular flexibility index (Phi) is 4.01. The van der Waals surface area contributed by atoms with Crippen molar-refractivity contribution in [2.45, 2.75) is 4.90 Å². The molecule has 112 valence electrons. The van der Waals surface area contributed by atoms with Gasteiger partial charge < -0.3 is 0 Å². The molecule has 0 N–H and O–H groups in total. The molecule has 4 rings (SSSR count). The van der Waals surface area contributed by atoms with Crippen LogP contribution in [0, 0.1) is 0 Å². The summed E-state index contributed by atoms with van der Waals surface area (Å²) >= 11 is 3.23. The summed E-state index contributed by atoms with van der Waals surface area (Å²) in [4.78, 5) is 2.14. The lowest BCUT2D eigenvalue weighted by Gasteiger charge is -2.04. The first-order valence-corrected chi connectivity index (χ1v) is 8.93. The van der Waals surface area contributed by atoms with Gasteiger partial charge in [-0.1, -0.05) is 59.9 Å². The van der Waals surface area contributed by atoms with Gasteiger partial charge in [0, 0.05) is 22.5 Å². The molecule has 0 unspecified atom stereocenters. The molecular weight excluding hydrogens is 320 g/mol. The molecule has 0 aliphatic carbocycles. The Labute approximate surface area is 142 Å². The van der Waals surface area contributed by atoms with E-state index in [1.807, 2.05) is 24.3 Å². The maximum atomic E-state index is 4.79. The van der Waals surface area contributed by atoms with E-state index in [2.05, 4.69) is 65.2 Å². The number of hydrogen-bond donors (Lipinski definition) is 0. The number of para-hydroxylation sites is 2. The minimum atomic E-state index is 0.992. The van der Waals surface area contributed by atoms with Crippen molar-refractivity contribution < 1.29 is 0 Å². The van der Waals surface area contributed by atoms with E-state index in [0.717, 1.165) is 15.4 Å². The van der Waals surface area contributed by atoms with E-state index >= 15 is 0 Å². The smallest absolute Gasteiger partial charge is 0.202 e. The zero-order chi connectivity index (χ0) is 15.5. The fourth-order valence-corrected chi connectivity index (χ4v) is 4.14. The third-order valence-corrected chi connectivity index (χ3v) is 5.37. The van der Waals surface area contributed by atoms with Crippen molar-refractivity contribution in [1.82, 2.24) is 4.57 Å². The predicted octanol–water partition coefficient (Wildman–Crippen LogP) is 5.30. The average Bonchev–Trinajstić information content (AvgIpc) is 3.00. The van der Waals surface area contributed by atoms with Crippen molar-refractivity contribution in [3.8, 4) is 5.69 Å². The van der Waals surface area contributed by atoms with Gasteiger partial charge in [-0.15, -0.1) is 0 Å². The summed E-state index contributed by atoms with van der Waals surface area (Å²) < 4.78 is 8.25. The van der Waals surface area contributed by atoms with E-state index in [9.17, 15) is 0 Å². The molecule has 0 aliphatic heterocycles. The van der Waals surface area contributed by atoms with Crippen molar-refractivity contribution in [3.63, 3.8) is 0 Å². The van der Waals surface area contributed by atoms with Crippen LogP contribution >= 0.6 is 23.3 Å². The van der Waals surface area contributed by atoms with E-state index < -0.39 is 0 Å². The minimum absolute atomic E-state index is 0.992. The lowest BCUT2D eigenvalue weighted by molar-refractivity contribution is 1.06. The molecule has 0 atom stereocenters. The lowest BCUT2D eigenvalue weighted by atomic mass is 10.3. The van der Waals surface area contributed by atoms with Gasteiger partial charge in [-0.05, 0) is 36.4 Å². The largest absolute Gasteiger partial charge is 0.285 e. The maximum absolute atomic E-state index is 4.79. The van der Waals surface area contributed by atoms with Crippen LogP contribution in [0.3, 0.4) is 0 Å². The fourth-order valence-electron chi connectivity index (χ4n) is 2.43. The van der Waals surface area contributed by atoms with E-state index in [-0.39, 0.29) is 0 Å². The number of nitrogens with zero attached hydrogens (tertiary/aromatic N) is 2. The number of benzene rings is 3. The molecule has 4 aromatic rings. The normalized spacial score (nSPS) is 11.9. The second-order valence-electron chi connectivity index (χ2n) is 5.02. The molecule has 2 nitrogen and oxygen atoms in total. The third kappa shape index (κ3) is 2.96. The summed E-state index contributed by atoms with van der Waals surface area (Å²) in [5.41, 5.74) is 2.33. The Morgan fingerprint density at radius 2 is 1.39 bits per heavy atom. The predicted molar refractivity (Wildman–Crippen MR) is 99.0 cm³/mol. The fraction of sp³-hybridized carbons (Fsp3) is 0. The molecule has 0 bridgehead atoms. The number of thiazole rings is 1. The third-order valence-electron chi connectivity index (χ3n) is 3.49. The van der Waals surface area contributed by atoms with Crippen LogP contribution in [0.1, 0.15) is 0 Å². The van der Waals surface area contributed by atoms with Crippen LogP contribution in [0.4, 0.5) is 0 Å². The highest BCUT2D eigenvalue weighted by molar-refractivity contribution is 7.98. The van der Waals surface area contributed by atoms with Gasteiger partial charge in [0.25, 0.3) is 0 Å². The molecular formula is C19H14N2S2. The second-order valence-corrected chi connectivity index (χ2v) is 6.86. The van der Waals surface area contributed by atoms with Crippen molar-refractivity contribution in [1.29, 1.82) is 0 Å². The molecule has 0 saturated carbocycles. The van der Waals surface area contributed by atoms with E-state index in [4.69, 9.17) is 4.40 Å². The average molecular weight is 334 g/mol. The zero-order valence-electron chi connectivity index (χ0n) is 12.3. The minimum Gasteiger partial charge on any atom is -0.285 e. The van der Waals surface area contributed by atoms with E-state index in [1.165, 1.54) is 22.2 Å². The summed E-state index contributed by atoms with van der Waals surface area (Å²) in [6.07, 6.45) is 0. The van der Waals surface area contributed by atoms with E-state index in [1.54, 1.807) is 11.3 Å². The van der Waals surface area contributed by atoms with Crippen molar-refractivity contribution in [2.24, 2.45) is 4.40 Å². The highest BCUT2D eigenvalue weighted by atomic mass is 32.2. The Morgan fingerprint density at radius 3 is 2.17 bits per heavy atom. The van der Waals surface area contributed by atoms with Crippen LogP contribution < -0.4 is 4.80 Å². The molecule has 4 heteroatoms. The van der Waals surface area contributed by atoms with Crippen molar-refractivity contribution in [2.75, 3.05) is 0 Å². The summed E-state index contributed by atoms with van der Waals surface area (Å²) in [5, 5.41) is 0. The van der Waals surface area contributed by atoms with Crippen LogP contribution in [-0.4, -0.2) is 4.57 Å². The molecule has 0 fully saturated rings. The molecule has 0 spiro atoms. The van der Waals surface area contributed by atoms with Crippen LogP contribution in [-0.2, 0) is 0 Å². The number of hydrogen-bond acceptors (Lipinski definition) is 3. The first-order valence-electron chi connectivity index (χ1n) is 7.34. The SMILES string of the molecule is c1ccc(SN=c2sc3ccccc3n2-c2ccccc2)cc1. The summed E-state index contributed by atoms with van der Waals surface area (Å²) in [7, 11) is 0. The summed E-state index contributed by atoms with van der Waals surface area (Å²) in [6, 6.07) is 29.1. The van der Waals surface area contributed by atoms with Gasteiger partial charge in [0.05, 0.1) is 10.2 Å². The molecule has 0 amide bonds. The number of fused-ring (bicyclic) bond motifs is 1. The van der Waals surface area contributed by atoms with Gasteiger partial charge in [0.1, 0.15) is 0 Å². The highest BCUT2D eigenvalue weighted by Crippen LogP contribution is 2.23. The van der Waals surface area contributed by atoms with Gasteiger partial charge in [-0.25, -0.2) is 0 Å². The summed E-state index contributed by atoms with van der Waals surface area (Å²) in [6.45, 7) is 0. The first kappa shape index (κ1) is 14.3. The van der Waals surface area contributed by atoms with Gasteiger partial charge in [-0.2, -0.15) is 4.40 Å². The maximum Gasteiger partial charge on any atom is 0.202 e. The second kappa shape index (κ2) is 6.44. The van der Waals surface area contributed by atoms with Gasteiger partial charge in [0.2, 0.25) is 4.80 Å². The highest BCUT2D eigenvalue weighted by Gasteiger charge is 2.07. The van der Waals surface area contributed by atoms with Crippen molar-refractivity contribution in [3.05, 3.63) is 89.7 Å². The van der Waals surface area contributed by atoms with Gasteiger partial charge >= 0.3 is 0 Å². The quantitative estimate of drug-likeness (QED) is 0.465. The summed E-state index contributed by atoms with van der Waals surface area (Å²) in [5.74, 6) is 0. The molecule has 1 aromatic heterocycles. The Morgan fingerprint density at radius 1 is 0.739 bits per heavy atom. The molecule has 0 saturated heterocycles. The van der Waals surface area contributed by atoms with Gasteiger partial charge in [0.15, 0.2) is 0 Å². The molecule has 23 heavy (non-hydrogen) atoms. The standard InChI is InChI=1S/C19H14N2S2/c1-3-9-15(10-4-1)21-17-13-7-8-14-18(17)22-19(21)20-23-16-11-5-2-6-12-16/h1-14H. The van der Waals surface area contributed by atoms with Crippen LogP contribution in [0.25, 0.3) is 15.9 Å². The van der Waals surface area contributed by atoms with Crippen LogP contribution in [0.2, 0.25) is 0 Å². The lowest BCUT2D eigenvalue weighted by Crippen LogP contribution is -2.11. The van der Waals surface area contributed by atoms with Crippen LogP contribution in [0.15, 0.2) is 94.2 Å².